The van der Waals surface area contributed by atoms with Crippen LogP contribution in [0.25, 0.3) is 0 Å². The summed E-state index contributed by atoms with van der Waals surface area (Å²) in [7, 11) is 0. The van der Waals surface area contributed by atoms with E-state index in [0.29, 0.717) is 0 Å². The zero-order chi connectivity index (χ0) is 8.36. The molecule has 0 rings (SSSR count). The summed E-state index contributed by atoms with van der Waals surface area (Å²) >= 11 is 0. The van der Waals surface area contributed by atoms with Crippen molar-refractivity contribution >= 4 is 0 Å². The van der Waals surface area contributed by atoms with Crippen LogP contribution in [0.2, 0.25) is 0 Å². The molecule has 0 amide bonds. The van der Waals surface area contributed by atoms with Gasteiger partial charge in [0.15, 0.2) is 0 Å². The van der Waals surface area contributed by atoms with Crippen LogP contribution < -0.4 is 5.32 Å². The van der Waals surface area contributed by atoms with E-state index in [2.05, 4.69) is 23.1 Å². The Morgan fingerprint density at radius 1 is 1.27 bits per heavy atom. The third-order valence-electron chi connectivity index (χ3n) is 1.28. The van der Waals surface area contributed by atoms with Crippen molar-refractivity contribution in [2.24, 2.45) is 0 Å². The molecule has 1 heteroatoms. The number of hydrogen-bond acceptors (Lipinski definition) is 1. The Morgan fingerprint density at radius 3 is 2.73 bits per heavy atom. The second-order valence-corrected chi connectivity index (χ2v) is 2.23. The zero-order valence-corrected chi connectivity index (χ0v) is 7.11. The van der Waals surface area contributed by atoms with Crippen LogP contribution in [-0.2, 0) is 0 Å². The molecular formula is C10H15N. The number of hydrogen-bond donors (Lipinski definition) is 1. The van der Waals surface area contributed by atoms with E-state index in [-0.39, 0.29) is 0 Å². The summed E-state index contributed by atoms with van der Waals surface area (Å²) in [5, 5.41) is 3.26. The molecule has 0 heterocycles. The molecule has 0 aromatic heterocycles. The second kappa shape index (κ2) is 9.08. The van der Waals surface area contributed by atoms with Crippen LogP contribution >= 0.6 is 0 Å². The maximum absolute atomic E-state index is 5.09. The minimum atomic E-state index is 0.868. The van der Waals surface area contributed by atoms with E-state index in [4.69, 9.17) is 6.42 Å². The lowest BCUT2D eigenvalue weighted by Crippen LogP contribution is -2.15. The number of rotatable bonds is 5. The van der Waals surface area contributed by atoms with Crippen LogP contribution in [0.1, 0.15) is 26.2 Å². The third-order valence-corrected chi connectivity index (χ3v) is 1.28. The maximum Gasteiger partial charge on any atom is 0.0214 e. The molecule has 0 radical (unpaired) electrons. The van der Waals surface area contributed by atoms with E-state index in [1.54, 1.807) is 0 Å². The molecule has 0 aromatic rings. The Bertz CT molecular complexity index is 166. The van der Waals surface area contributed by atoms with Crippen LogP contribution in [0.4, 0.5) is 0 Å². The highest BCUT2D eigenvalue weighted by molar-refractivity contribution is 4.95. The molecule has 1 N–H and O–H groups in total. The lowest BCUT2D eigenvalue weighted by Gasteiger charge is -1.97. The maximum atomic E-state index is 5.09. The van der Waals surface area contributed by atoms with Crippen LogP contribution in [-0.4, -0.2) is 13.1 Å². The summed E-state index contributed by atoms with van der Waals surface area (Å²) in [5.41, 5.74) is 0. The molecule has 0 atom stereocenters. The molecule has 0 fully saturated rings. The van der Waals surface area contributed by atoms with Gasteiger partial charge in [-0.05, 0) is 19.9 Å². The van der Waals surface area contributed by atoms with Gasteiger partial charge in [-0.25, -0.2) is 0 Å². The van der Waals surface area contributed by atoms with Gasteiger partial charge in [0.25, 0.3) is 0 Å². The average Bonchev–Trinajstić information content (AvgIpc) is 2.03. The van der Waals surface area contributed by atoms with Crippen molar-refractivity contribution in [1.29, 1.82) is 0 Å². The SMILES string of the molecule is C#CCCCNCCC#CC. The molecular weight excluding hydrogens is 134 g/mol. The van der Waals surface area contributed by atoms with Gasteiger partial charge in [0.05, 0.1) is 0 Å². The third kappa shape index (κ3) is 9.08. The van der Waals surface area contributed by atoms with Crippen molar-refractivity contribution in [2.45, 2.75) is 26.2 Å². The molecule has 0 saturated heterocycles. The molecule has 0 spiro atoms. The van der Waals surface area contributed by atoms with Crippen molar-refractivity contribution in [2.75, 3.05) is 13.1 Å². The molecule has 0 bridgehead atoms. The molecule has 0 aromatic carbocycles. The Labute approximate surface area is 69.6 Å². The summed E-state index contributed by atoms with van der Waals surface area (Å²) < 4.78 is 0. The zero-order valence-electron chi connectivity index (χ0n) is 7.11. The van der Waals surface area contributed by atoms with E-state index in [0.717, 1.165) is 32.4 Å². The number of nitrogens with one attached hydrogen (secondary N) is 1. The fraction of sp³-hybridized carbons (Fsp3) is 0.600. The number of terminal acetylenes is 1. The fourth-order valence-electron chi connectivity index (χ4n) is 0.716. The van der Waals surface area contributed by atoms with Gasteiger partial charge in [-0.1, -0.05) is 0 Å². The van der Waals surface area contributed by atoms with Crippen molar-refractivity contribution in [3.8, 4) is 24.2 Å². The van der Waals surface area contributed by atoms with Gasteiger partial charge in [-0.2, -0.15) is 0 Å². The Hall–Kier alpha value is -0.920. The number of unbranched alkanes of at least 4 members (excludes halogenated alkanes) is 1. The first-order valence-electron chi connectivity index (χ1n) is 3.95. The summed E-state index contributed by atoms with van der Waals surface area (Å²) in [6.45, 7) is 3.85. The highest BCUT2D eigenvalue weighted by Gasteiger charge is 1.83. The van der Waals surface area contributed by atoms with Crippen LogP contribution in [0.15, 0.2) is 0 Å². The summed E-state index contributed by atoms with van der Waals surface area (Å²) in [5.74, 6) is 8.44. The Morgan fingerprint density at radius 2 is 2.09 bits per heavy atom. The first-order valence-corrected chi connectivity index (χ1v) is 3.95. The Balaban J connectivity index is 2.90. The largest absolute Gasteiger partial charge is 0.316 e. The quantitative estimate of drug-likeness (QED) is 0.460. The first-order chi connectivity index (χ1) is 5.41. The normalized spacial score (nSPS) is 8.00. The summed E-state index contributed by atoms with van der Waals surface area (Å²) in [6, 6.07) is 0. The fourth-order valence-corrected chi connectivity index (χ4v) is 0.716. The molecule has 60 valence electrons. The molecule has 0 aliphatic rings. The highest BCUT2D eigenvalue weighted by atomic mass is 14.8. The smallest absolute Gasteiger partial charge is 0.0214 e. The van der Waals surface area contributed by atoms with Gasteiger partial charge in [0.2, 0.25) is 0 Å². The van der Waals surface area contributed by atoms with Gasteiger partial charge in [-0.15, -0.1) is 24.2 Å². The molecule has 0 unspecified atom stereocenters. The van der Waals surface area contributed by atoms with E-state index in [1.165, 1.54) is 0 Å². The predicted molar refractivity (Wildman–Crippen MR) is 49.0 cm³/mol. The molecule has 0 saturated carbocycles. The summed E-state index contributed by atoms with van der Waals surface area (Å²) in [6.07, 6.45) is 7.96. The molecule has 11 heavy (non-hydrogen) atoms. The molecule has 0 aliphatic heterocycles. The van der Waals surface area contributed by atoms with Gasteiger partial charge in [0.1, 0.15) is 0 Å². The van der Waals surface area contributed by atoms with Crippen LogP contribution in [0, 0.1) is 24.2 Å². The van der Waals surface area contributed by atoms with Gasteiger partial charge in [-0.3, -0.25) is 0 Å². The topological polar surface area (TPSA) is 12.0 Å². The summed E-state index contributed by atoms with van der Waals surface area (Å²) in [4.78, 5) is 0. The van der Waals surface area contributed by atoms with Crippen molar-refractivity contribution < 1.29 is 0 Å². The van der Waals surface area contributed by atoms with Crippen molar-refractivity contribution in [3.05, 3.63) is 0 Å². The lowest BCUT2D eigenvalue weighted by molar-refractivity contribution is 0.666. The van der Waals surface area contributed by atoms with Crippen LogP contribution in [0.3, 0.4) is 0 Å². The monoisotopic (exact) mass is 149 g/mol. The Kier molecular flexibility index (Phi) is 8.32. The minimum Gasteiger partial charge on any atom is -0.316 e. The van der Waals surface area contributed by atoms with Gasteiger partial charge < -0.3 is 5.32 Å². The first kappa shape index (κ1) is 10.1. The molecule has 0 aliphatic carbocycles. The highest BCUT2D eigenvalue weighted by Crippen LogP contribution is 1.82. The molecule has 1 nitrogen and oxygen atoms in total. The minimum absolute atomic E-state index is 0.868. The van der Waals surface area contributed by atoms with Crippen molar-refractivity contribution in [1.82, 2.24) is 5.32 Å². The van der Waals surface area contributed by atoms with Crippen molar-refractivity contribution in [3.63, 3.8) is 0 Å². The van der Waals surface area contributed by atoms with E-state index in [9.17, 15) is 0 Å². The average molecular weight is 149 g/mol. The van der Waals surface area contributed by atoms with Crippen LogP contribution in [0.5, 0.6) is 0 Å². The van der Waals surface area contributed by atoms with Gasteiger partial charge >= 0.3 is 0 Å². The van der Waals surface area contributed by atoms with Gasteiger partial charge in [0, 0.05) is 19.4 Å². The van der Waals surface area contributed by atoms with E-state index >= 15 is 0 Å². The second-order valence-electron chi connectivity index (χ2n) is 2.23. The lowest BCUT2D eigenvalue weighted by atomic mass is 10.3. The standard InChI is InChI=1S/C10H15N/c1-3-5-7-9-11-10-8-6-4-2/h1,11H,5,7-10H2,2H3. The van der Waals surface area contributed by atoms with E-state index < -0.39 is 0 Å². The predicted octanol–water partition coefficient (Wildman–Crippen LogP) is 1.40. The van der Waals surface area contributed by atoms with E-state index in [1.807, 2.05) is 6.92 Å².